The average molecular weight is 1630 g/mol. The number of hydrogen-bond acceptors (Lipinski definition) is 7. The second-order valence-corrected chi connectivity index (χ2v) is 38.5. The first-order chi connectivity index (χ1) is 41.1. The number of nitrogens with zero attached hydrogens (tertiary/aromatic N) is 10. The molecule has 12 nitrogen and oxygen atoms in total. The van der Waals surface area contributed by atoms with Crippen molar-refractivity contribution in [3.8, 4) is 45.3 Å². The second kappa shape index (κ2) is 33.9. The minimum absolute atomic E-state index is 0. The Balaban J connectivity index is 0.000000208. The van der Waals surface area contributed by atoms with Gasteiger partial charge in [-0.25, -0.2) is 9.67 Å². The third kappa shape index (κ3) is 19.2. The number of carbonyl (C=O) groups is 1. The van der Waals surface area contributed by atoms with Gasteiger partial charge in [0, 0.05) is 71.9 Å². The third-order valence-corrected chi connectivity index (χ3v) is 12.9. The summed E-state index contributed by atoms with van der Waals surface area (Å²) >= 11 is -0.556. The van der Waals surface area contributed by atoms with Crippen LogP contribution in [0.2, 0.25) is 0 Å². The van der Waals surface area contributed by atoms with E-state index in [-0.39, 0.29) is 21.1 Å². The van der Waals surface area contributed by atoms with Gasteiger partial charge in [0.05, 0.1) is 35.4 Å². The van der Waals surface area contributed by atoms with Gasteiger partial charge in [-0.1, -0.05) is 96.7 Å². The van der Waals surface area contributed by atoms with Crippen molar-refractivity contribution in [3.05, 3.63) is 278 Å². The van der Waals surface area contributed by atoms with Crippen molar-refractivity contribution in [2.45, 2.75) is 34.6 Å². The molecule has 1 N–H and O–H groups in total. The zero-order valence-corrected chi connectivity index (χ0v) is 61.9. The molecule has 0 unspecified atom stereocenters. The molecule has 4 aromatic heterocycles. The molecule has 86 heavy (non-hydrogen) atoms. The summed E-state index contributed by atoms with van der Waals surface area (Å²) < 4.78 is 7.91. The number of carboxylic acids is 1. The maximum absolute atomic E-state index is 9.00. The summed E-state index contributed by atoms with van der Waals surface area (Å²) in [6.45, 7) is 9.61. The van der Waals surface area contributed by atoms with Gasteiger partial charge in [-0.2, -0.15) is 16.3 Å². The molecular formula is C66H56Cl4K2N10O2Pt2. The summed E-state index contributed by atoms with van der Waals surface area (Å²) in [4.78, 5) is 22.9. The molecule has 8 aromatic carbocycles. The Hall–Kier alpha value is -4.52. The van der Waals surface area contributed by atoms with Gasteiger partial charge in [0.25, 0.3) is 5.97 Å². The Labute approximate surface area is 581 Å². The molecule has 20 heteroatoms. The van der Waals surface area contributed by atoms with Crippen molar-refractivity contribution in [3.63, 3.8) is 0 Å². The Morgan fingerprint density at radius 3 is 1.48 bits per heavy atom. The predicted molar refractivity (Wildman–Crippen MR) is 346 cm³/mol. The van der Waals surface area contributed by atoms with Gasteiger partial charge in [-0.05, 0) is 134 Å². The van der Waals surface area contributed by atoms with E-state index in [4.69, 9.17) is 57.5 Å². The number of hydrogen-bond donors (Lipinski definition) is 1. The van der Waals surface area contributed by atoms with E-state index in [1.165, 1.54) is 91.1 Å². The van der Waals surface area contributed by atoms with E-state index in [0.717, 1.165) is 80.6 Å². The van der Waals surface area contributed by atoms with Crippen molar-refractivity contribution < 1.29 is 42.9 Å². The molecule has 0 saturated carbocycles. The van der Waals surface area contributed by atoms with Crippen LogP contribution in [0.15, 0.2) is 244 Å². The maximum Gasteiger partial charge on any atom is 2.00 e. The number of para-hydroxylation sites is 4. The first-order valence-electron chi connectivity index (χ1n) is 26.9. The Morgan fingerprint density at radius 1 is 0.512 bits per heavy atom. The molecule has 0 aliphatic heterocycles. The molecule has 0 bridgehead atoms. The summed E-state index contributed by atoms with van der Waals surface area (Å²) in [5, 5.41) is 16.2. The zero-order chi connectivity index (χ0) is 60.5. The summed E-state index contributed by atoms with van der Waals surface area (Å²) in [7, 11) is 20.0. The number of anilines is 6. The normalized spacial score (nSPS) is 10.7. The second-order valence-electron chi connectivity index (χ2n) is 18.8. The molecule has 0 fully saturated rings. The Kier molecular flexibility index (Phi) is 27.2. The van der Waals surface area contributed by atoms with Crippen LogP contribution in [0.1, 0.15) is 29.2 Å². The van der Waals surface area contributed by atoms with Gasteiger partial charge in [0.1, 0.15) is 0 Å². The maximum atomic E-state index is 9.00. The Bertz CT molecular complexity index is 3770. The molecule has 0 aliphatic rings. The topological polar surface area (TPSA) is 115 Å². The molecule has 4 heterocycles. The van der Waals surface area contributed by atoms with Crippen LogP contribution in [0.25, 0.3) is 45.3 Å². The van der Waals surface area contributed by atoms with Crippen LogP contribution in [-0.2, 0) is 37.8 Å². The number of aliphatic carboxylic acids is 1. The van der Waals surface area contributed by atoms with Crippen molar-refractivity contribution in [2.24, 2.45) is 0 Å². The molecule has 0 amide bonds. The monoisotopic (exact) mass is 1630 g/mol. The fraction of sp³-hybridized carbons (Fsp3) is 0.0758. The van der Waals surface area contributed by atoms with E-state index in [0.29, 0.717) is 0 Å². The standard InChI is InChI=1S/C32H27N5.C32H25N5.C2H4O2.4ClH.2K.2Pt/c2*1-24-10-6-11-25(2)32(24)35-22-31(33-23-35)26-12-7-16-29(20-26)37(27-13-4-3-5-14-27)30-17-8-15-28(21-30)36-19-9-18-34-36;1-2(3)4;;;;;;;;/h3-23H,1-2H3;3-19,22-23H,1-2H3;1H3,(H,3,4);4*1H;;;;/q;-2;;;;;;;;+2;+4/p-4. The molecule has 432 valence electrons. The zero-order valence-electron chi connectivity index (χ0n) is 48.1. The van der Waals surface area contributed by atoms with Gasteiger partial charge in [-0.15, -0.1) is 48.0 Å². The molecule has 0 saturated heterocycles. The van der Waals surface area contributed by atoms with E-state index in [9.17, 15) is 0 Å². The quantitative estimate of drug-likeness (QED) is 0.0950. The van der Waals surface area contributed by atoms with Gasteiger partial charge in [0.2, 0.25) is 0 Å². The van der Waals surface area contributed by atoms with Crippen LogP contribution >= 0.6 is 37.7 Å². The summed E-state index contributed by atoms with van der Waals surface area (Å²) in [6.07, 6.45) is 15.4. The number of imidazole rings is 2. The van der Waals surface area contributed by atoms with E-state index in [1.54, 1.807) is 12.4 Å². The van der Waals surface area contributed by atoms with Crippen LogP contribution in [0.5, 0.6) is 0 Å². The smallest absolute Gasteiger partial charge is 2.00 e. The van der Waals surface area contributed by atoms with Crippen LogP contribution in [0.3, 0.4) is 0 Å². The van der Waals surface area contributed by atoms with Gasteiger partial charge >= 0.3 is 134 Å². The largest absolute Gasteiger partial charge is 2.00 e. The van der Waals surface area contributed by atoms with Gasteiger partial charge < -0.3 is 24.0 Å². The average Bonchev–Trinajstić information content (AvgIpc) is 3.47. The van der Waals surface area contributed by atoms with E-state index in [2.05, 4.69) is 215 Å². The third-order valence-electron chi connectivity index (χ3n) is 12.9. The summed E-state index contributed by atoms with van der Waals surface area (Å²) in [5.74, 6) is -0.833. The minimum atomic E-state index is -3.06. The summed E-state index contributed by atoms with van der Waals surface area (Å²) in [6, 6.07) is 73.6. The number of rotatable bonds is 12. The van der Waals surface area contributed by atoms with Crippen LogP contribution in [0.4, 0.5) is 34.1 Å². The first kappa shape index (κ1) is 69.0. The fourth-order valence-corrected chi connectivity index (χ4v) is 9.47. The van der Waals surface area contributed by atoms with Crippen molar-refractivity contribution in [2.75, 3.05) is 9.80 Å². The minimum Gasteiger partial charge on any atom is 2.00 e. The number of carboxylic acid groups (broad SMARTS) is 1. The molecular weight excluding hydrogens is 1570 g/mol. The summed E-state index contributed by atoms with van der Waals surface area (Å²) in [5.41, 5.74) is 18.9. The predicted octanol–water partition coefficient (Wildman–Crippen LogP) is 17.3. The number of benzene rings is 8. The Morgan fingerprint density at radius 2 is 0.942 bits per heavy atom. The molecule has 0 atom stereocenters. The van der Waals surface area contributed by atoms with Crippen molar-refractivity contribution >= 4 is 141 Å². The number of aromatic nitrogens is 8. The molecule has 0 aliphatic carbocycles. The number of aryl methyl sites for hydroxylation is 4. The SMILES string of the molecule is CC(=O)O.Cc1cccc(C)c1-n1cnc(-c2[c-]c(N(c3[c-]c(-n4cccn4)ccc3)c3ccccc3)ccc2)c1.Cc1cccc(C)c1-n1cnc(-c2cccc(N(c3ccccc3)c3cccc(-n4cccn4)c3)c2)c1.[Cl][Pt]([Cl])([Cl])[Cl].[K][K].[Pt+2]. The molecule has 12 aromatic rings. The molecule has 12 rings (SSSR count). The van der Waals surface area contributed by atoms with Crippen molar-refractivity contribution in [1.82, 2.24) is 38.7 Å². The van der Waals surface area contributed by atoms with E-state index >= 15 is 0 Å². The molecule has 0 spiro atoms. The van der Waals surface area contributed by atoms with E-state index in [1.807, 2.05) is 95.1 Å². The van der Waals surface area contributed by atoms with Crippen LogP contribution < -0.4 is 9.80 Å². The van der Waals surface area contributed by atoms with Gasteiger partial charge in [-0.3, -0.25) is 14.5 Å². The van der Waals surface area contributed by atoms with Crippen LogP contribution in [0, 0.1) is 39.8 Å². The molecule has 0 radical (unpaired) electrons. The van der Waals surface area contributed by atoms with E-state index < -0.39 is 17.9 Å². The fourth-order valence-electron chi connectivity index (χ4n) is 9.47. The number of halogens is 4. The van der Waals surface area contributed by atoms with Gasteiger partial charge in [0.15, 0.2) is 0 Å². The first-order valence-corrected chi connectivity index (χ1v) is 54.2. The van der Waals surface area contributed by atoms with Crippen molar-refractivity contribution in [1.29, 1.82) is 0 Å². The van der Waals surface area contributed by atoms with Crippen LogP contribution in [-0.4, -0.2) is 113 Å².